The molecule has 0 fully saturated rings. The molecule has 135 valence electrons. The van der Waals surface area contributed by atoms with Crippen molar-refractivity contribution in [1.82, 2.24) is 4.31 Å². The first-order chi connectivity index (χ1) is 12.6. The molecule has 1 atom stereocenters. The number of rotatable bonds is 3. The zero-order valence-electron chi connectivity index (χ0n) is 15.7. The number of fused-ring (bicyclic) bond motifs is 4. The van der Waals surface area contributed by atoms with Gasteiger partial charge < -0.3 is 0 Å². The van der Waals surface area contributed by atoms with Crippen LogP contribution in [0.25, 0.3) is 11.1 Å². The minimum absolute atomic E-state index is 0.618. The van der Waals surface area contributed by atoms with Gasteiger partial charge in [0.2, 0.25) is 0 Å². The van der Waals surface area contributed by atoms with Crippen molar-refractivity contribution in [2.75, 3.05) is 16.3 Å². The van der Waals surface area contributed by atoms with Crippen LogP contribution in [0.5, 0.6) is 5.75 Å². The molecule has 1 unspecified atom stereocenters. The monoisotopic (exact) mass is 561 g/mol. The fraction of sp³-hybridized carbons (Fsp3) is 0.429. The van der Waals surface area contributed by atoms with E-state index in [4.69, 9.17) is 4.74 Å². The maximum absolute atomic E-state index is 6.03. The summed E-state index contributed by atoms with van der Waals surface area (Å²) in [6.45, 7) is 6.24. The first kappa shape index (κ1) is 18.6. The molecule has 0 aliphatic carbocycles. The van der Waals surface area contributed by atoms with Crippen LogP contribution in [-0.2, 0) is 6.61 Å². The van der Waals surface area contributed by atoms with Crippen LogP contribution < -0.4 is 7.45 Å². The van der Waals surface area contributed by atoms with Crippen LogP contribution in [0, 0.1) is 6.92 Å². The Morgan fingerprint density at radius 2 is 2.08 bits per heavy atom. The molecular weight excluding hydrogens is 536 g/mol. The Labute approximate surface area is 177 Å². The third-order valence-corrected chi connectivity index (χ3v) is 8.08. The van der Waals surface area contributed by atoms with Crippen LogP contribution in [0.1, 0.15) is 37.3 Å². The number of hydrogen-bond acceptors (Lipinski definition) is 4. The molecule has 3 nitrogen and oxygen atoms in total. The van der Waals surface area contributed by atoms with Gasteiger partial charge in [-0.2, -0.15) is 0 Å². The van der Waals surface area contributed by atoms with Gasteiger partial charge in [-0.25, -0.2) is 0 Å². The summed E-state index contributed by atoms with van der Waals surface area (Å²) in [5.41, 5.74) is 6.58. The summed E-state index contributed by atoms with van der Waals surface area (Å²) in [5.74, 6) is 1.01. The molecule has 4 rings (SSSR count). The molecule has 0 spiro atoms. The van der Waals surface area contributed by atoms with E-state index in [1.807, 2.05) is 11.9 Å². The van der Waals surface area contributed by atoms with E-state index in [9.17, 15) is 0 Å². The first-order valence-corrected chi connectivity index (χ1v) is 11.9. The van der Waals surface area contributed by atoms with Crippen LogP contribution in [0.3, 0.4) is 0 Å². The summed E-state index contributed by atoms with van der Waals surface area (Å²) in [5, 5.41) is 0. The summed E-state index contributed by atoms with van der Waals surface area (Å²) in [6.07, 6.45) is 3.85. The van der Waals surface area contributed by atoms with Crippen molar-refractivity contribution in [3.8, 4) is 16.9 Å². The second-order valence-electron chi connectivity index (χ2n) is 7.31. The van der Waals surface area contributed by atoms with E-state index >= 15 is 0 Å². The van der Waals surface area contributed by atoms with Crippen LogP contribution in [0.2, 0.25) is 0 Å². The predicted molar refractivity (Wildman–Crippen MR) is 111 cm³/mol. The first-order valence-electron chi connectivity index (χ1n) is 9.37. The molecule has 26 heavy (non-hydrogen) atoms. The van der Waals surface area contributed by atoms with Gasteiger partial charge in [-0.05, 0) is 0 Å². The number of nitrogens with zero attached hydrogens (tertiary/aromatic N) is 2. The Morgan fingerprint density at radius 1 is 1.23 bits per heavy atom. The van der Waals surface area contributed by atoms with Gasteiger partial charge in [0.1, 0.15) is 0 Å². The van der Waals surface area contributed by atoms with Crippen LogP contribution in [0.4, 0.5) is 5.69 Å². The molecule has 0 amide bonds. The molecule has 3 radical (unpaired) electrons. The standard InChI is InChI=1S/C21H25N2OS.Pb/c1-4-5-6-16-12-22-19-10-15-13-24-20-8-7-14(2)9-18(20)17(15)11-21(19)25-23(16)3;/h7-11,16H,4-6,12-13H2,1-3H3;/q-1;+1. The molecule has 0 bridgehead atoms. The van der Waals surface area contributed by atoms with Gasteiger partial charge in [-0.1, -0.05) is 0 Å². The van der Waals surface area contributed by atoms with E-state index in [1.54, 1.807) is 0 Å². The van der Waals surface area contributed by atoms with Crippen molar-refractivity contribution in [2.45, 2.75) is 50.7 Å². The SMILES string of the molecule is CCCCC1C[N]([Pb])c2cc3c(cc2SN1C)-c1cc(C)ccc1OC3. The van der Waals surface area contributed by atoms with E-state index in [0.717, 1.165) is 38.4 Å². The van der Waals surface area contributed by atoms with E-state index in [0.29, 0.717) is 12.6 Å². The Balaban J connectivity index is 1.74. The Kier molecular flexibility index (Phi) is 5.53. The topological polar surface area (TPSA) is 15.7 Å². The Bertz CT molecular complexity index is 826. The number of hydrogen-bond donors (Lipinski definition) is 0. The molecule has 0 saturated heterocycles. The maximum atomic E-state index is 6.03. The Hall–Kier alpha value is -0.728. The summed E-state index contributed by atoms with van der Waals surface area (Å²) < 4.78 is 11.1. The molecule has 2 aliphatic heterocycles. The van der Waals surface area contributed by atoms with Gasteiger partial charge in [-0.15, -0.1) is 0 Å². The van der Waals surface area contributed by atoms with Crippen molar-refractivity contribution < 1.29 is 4.74 Å². The molecule has 2 aliphatic rings. The molecule has 2 aromatic carbocycles. The molecule has 0 aromatic heterocycles. The zero-order chi connectivity index (χ0) is 18.3. The average Bonchev–Trinajstić information content (AvgIpc) is 2.74. The Morgan fingerprint density at radius 3 is 2.88 bits per heavy atom. The number of aryl methyl sites for hydroxylation is 1. The summed E-state index contributed by atoms with van der Waals surface area (Å²) in [7, 11) is 2.26. The number of anilines is 1. The van der Waals surface area contributed by atoms with Crippen LogP contribution >= 0.6 is 11.9 Å². The van der Waals surface area contributed by atoms with Gasteiger partial charge in [0.25, 0.3) is 0 Å². The molecule has 0 saturated carbocycles. The van der Waals surface area contributed by atoms with Crippen molar-refractivity contribution in [3.63, 3.8) is 0 Å². The average molecular weight is 561 g/mol. The van der Waals surface area contributed by atoms with Gasteiger partial charge in [0.05, 0.1) is 0 Å². The van der Waals surface area contributed by atoms with Crippen LogP contribution in [0.15, 0.2) is 35.2 Å². The van der Waals surface area contributed by atoms with E-state index in [-0.39, 0.29) is 0 Å². The van der Waals surface area contributed by atoms with E-state index in [1.165, 1.54) is 52.1 Å². The summed E-state index contributed by atoms with van der Waals surface area (Å²) in [4.78, 5) is 1.38. The van der Waals surface area contributed by atoms with Gasteiger partial charge in [0.15, 0.2) is 0 Å². The van der Waals surface area contributed by atoms with E-state index < -0.39 is 0 Å². The summed E-state index contributed by atoms with van der Waals surface area (Å²) in [6, 6.07) is 11.9. The zero-order valence-corrected chi connectivity index (χ0v) is 20.4. The third kappa shape index (κ3) is 3.52. The number of ether oxygens (including phenoxy) is 1. The van der Waals surface area contributed by atoms with Gasteiger partial charge in [0, 0.05) is 0 Å². The normalized spacial score (nSPS) is 19.2. The van der Waals surface area contributed by atoms with Crippen LogP contribution in [-0.4, -0.2) is 50.0 Å². The molecule has 5 heteroatoms. The van der Waals surface area contributed by atoms with Crippen molar-refractivity contribution in [2.24, 2.45) is 0 Å². The fourth-order valence-corrected chi connectivity index (χ4v) is 6.69. The molecule has 0 N–H and O–H groups in total. The van der Waals surface area contributed by atoms with Crippen molar-refractivity contribution in [1.29, 1.82) is 0 Å². The number of benzene rings is 2. The van der Waals surface area contributed by atoms with Crippen molar-refractivity contribution in [3.05, 3.63) is 41.5 Å². The van der Waals surface area contributed by atoms with Gasteiger partial charge in [-0.3, -0.25) is 0 Å². The van der Waals surface area contributed by atoms with E-state index in [2.05, 4.69) is 58.2 Å². The number of likely N-dealkylation sites (N-methyl/N-ethyl adjacent to an activating group) is 1. The molecular formula is C21H25N2OPbS. The molecule has 2 heterocycles. The summed E-state index contributed by atoms with van der Waals surface area (Å²) >= 11 is 2.97. The second kappa shape index (κ2) is 7.72. The molecule has 2 aromatic rings. The van der Waals surface area contributed by atoms with Gasteiger partial charge >= 0.3 is 178 Å². The second-order valence-corrected chi connectivity index (χ2v) is 10.6. The fourth-order valence-electron chi connectivity index (χ4n) is 3.77. The predicted octanol–water partition coefficient (Wildman–Crippen LogP) is 4.96. The minimum atomic E-state index is 0.618. The third-order valence-electron chi connectivity index (χ3n) is 5.32. The quantitative estimate of drug-likeness (QED) is 0.390. The number of unbranched alkanes of at least 4 members (excludes halogenated alkanes) is 1. The van der Waals surface area contributed by atoms with Crippen molar-refractivity contribution >= 4 is 43.7 Å².